The molecule has 2 aromatic carbocycles. The molecule has 0 spiro atoms. The number of nitrogens with one attached hydrogen (secondary N) is 1. The van der Waals surface area contributed by atoms with Gasteiger partial charge in [-0.15, -0.1) is 0 Å². The lowest BCUT2D eigenvalue weighted by molar-refractivity contribution is -0.119. The van der Waals surface area contributed by atoms with Crippen molar-refractivity contribution in [1.29, 1.82) is 0 Å². The van der Waals surface area contributed by atoms with Crippen LogP contribution in [-0.2, 0) is 4.79 Å². The molecule has 0 radical (unpaired) electrons. The first kappa shape index (κ1) is 15.6. The van der Waals surface area contributed by atoms with Gasteiger partial charge in [0.2, 0.25) is 5.91 Å². The fraction of sp³-hybridized carbons (Fsp3) is 0.316. The highest BCUT2D eigenvalue weighted by Crippen LogP contribution is 2.32. The van der Waals surface area contributed by atoms with Crippen LogP contribution in [0.5, 0.6) is 5.75 Å². The number of carbonyl (C=O) groups excluding carboxylic acids is 1. The summed E-state index contributed by atoms with van der Waals surface area (Å²) >= 11 is 0. The van der Waals surface area contributed by atoms with Gasteiger partial charge >= 0.3 is 0 Å². The molecule has 4 heteroatoms. The van der Waals surface area contributed by atoms with Crippen LogP contribution in [0, 0.1) is 5.92 Å². The SMILES string of the molecule is COc1ccc(NC(=O)C2CN(C)CC2c2ccccc2)cc1. The third kappa shape index (κ3) is 3.54. The summed E-state index contributed by atoms with van der Waals surface area (Å²) < 4.78 is 5.14. The maximum absolute atomic E-state index is 12.7. The minimum atomic E-state index is -0.0375. The van der Waals surface area contributed by atoms with Gasteiger partial charge in [-0.05, 0) is 36.9 Å². The first-order valence-corrected chi connectivity index (χ1v) is 7.86. The van der Waals surface area contributed by atoms with E-state index in [-0.39, 0.29) is 17.7 Å². The molecule has 1 heterocycles. The van der Waals surface area contributed by atoms with Crippen LogP contribution in [0.3, 0.4) is 0 Å². The van der Waals surface area contributed by atoms with Gasteiger partial charge in [-0.25, -0.2) is 0 Å². The summed E-state index contributed by atoms with van der Waals surface area (Å²) in [5, 5.41) is 3.03. The Kier molecular flexibility index (Phi) is 4.63. The fourth-order valence-electron chi connectivity index (χ4n) is 3.21. The molecule has 2 aromatic rings. The molecule has 3 rings (SSSR count). The van der Waals surface area contributed by atoms with Gasteiger partial charge < -0.3 is 15.0 Å². The highest BCUT2D eigenvalue weighted by molar-refractivity contribution is 5.93. The van der Waals surface area contributed by atoms with Crippen LogP contribution in [-0.4, -0.2) is 38.1 Å². The van der Waals surface area contributed by atoms with Gasteiger partial charge in [0.1, 0.15) is 5.75 Å². The molecule has 4 nitrogen and oxygen atoms in total. The molecule has 1 N–H and O–H groups in total. The molecular weight excluding hydrogens is 288 g/mol. The molecule has 23 heavy (non-hydrogen) atoms. The number of hydrogen-bond donors (Lipinski definition) is 1. The Morgan fingerprint density at radius 2 is 1.78 bits per heavy atom. The summed E-state index contributed by atoms with van der Waals surface area (Å²) in [7, 11) is 3.70. The fourth-order valence-corrected chi connectivity index (χ4v) is 3.21. The van der Waals surface area contributed by atoms with Crippen LogP contribution in [0.4, 0.5) is 5.69 Å². The van der Waals surface area contributed by atoms with Gasteiger partial charge in [0.25, 0.3) is 0 Å². The third-order valence-electron chi connectivity index (χ3n) is 4.42. The van der Waals surface area contributed by atoms with Crippen molar-refractivity contribution < 1.29 is 9.53 Å². The zero-order valence-corrected chi connectivity index (χ0v) is 13.5. The summed E-state index contributed by atoms with van der Waals surface area (Å²) in [5.41, 5.74) is 2.03. The molecular formula is C19H22N2O2. The van der Waals surface area contributed by atoms with Crippen LogP contribution >= 0.6 is 0 Å². The summed E-state index contributed by atoms with van der Waals surface area (Å²) in [6.45, 7) is 1.69. The number of rotatable bonds is 4. The smallest absolute Gasteiger partial charge is 0.229 e. The van der Waals surface area contributed by atoms with Crippen molar-refractivity contribution in [1.82, 2.24) is 4.90 Å². The topological polar surface area (TPSA) is 41.6 Å². The molecule has 2 atom stereocenters. The van der Waals surface area contributed by atoms with Crippen molar-refractivity contribution in [3.05, 3.63) is 60.2 Å². The van der Waals surface area contributed by atoms with Crippen molar-refractivity contribution >= 4 is 11.6 Å². The zero-order chi connectivity index (χ0) is 16.2. The molecule has 0 aliphatic carbocycles. The molecule has 2 unspecified atom stereocenters. The number of likely N-dealkylation sites (N-methyl/N-ethyl adjacent to an activating group) is 1. The molecule has 0 saturated carbocycles. The number of benzene rings is 2. The van der Waals surface area contributed by atoms with E-state index in [1.165, 1.54) is 5.56 Å². The average molecular weight is 310 g/mol. The van der Waals surface area contributed by atoms with E-state index in [9.17, 15) is 4.79 Å². The van der Waals surface area contributed by atoms with Gasteiger partial charge in [0.05, 0.1) is 13.0 Å². The normalized spacial score (nSPS) is 21.1. The summed E-state index contributed by atoms with van der Waals surface area (Å²) in [6, 6.07) is 17.7. The van der Waals surface area contributed by atoms with Crippen LogP contribution in [0.2, 0.25) is 0 Å². The summed E-state index contributed by atoms with van der Waals surface area (Å²) in [4.78, 5) is 14.9. The van der Waals surface area contributed by atoms with Crippen molar-refractivity contribution in [2.75, 3.05) is 32.6 Å². The van der Waals surface area contributed by atoms with E-state index in [4.69, 9.17) is 4.74 Å². The van der Waals surface area contributed by atoms with E-state index < -0.39 is 0 Å². The van der Waals surface area contributed by atoms with E-state index in [0.717, 1.165) is 24.5 Å². The van der Waals surface area contributed by atoms with Crippen molar-refractivity contribution in [2.45, 2.75) is 5.92 Å². The van der Waals surface area contributed by atoms with Gasteiger partial charge in [-0.2, -0.15) is 0 Å². The molecule has 1 amide bonds. The summed E-state index contributed by atoms with van der Waals surface area (Å²) in [6.07, 6.45) is 0. The van der Waals surface area contributed by atoms with Crippen LogP contribution in [0.25, 0.3) is 0 Å². The highest BCUT2D eigenvalue weighted by Gasteiger charge is 2.36. The molecule has 1 saturated heterocycles. The number of methoxy groups -OCH3 is 1. The van der Waals surface area contributed by atoms with Crippen molar-refractivity contribution in [2.24, 2.45) is 5.92 Å². The second-order valence-corrected chi connectivity index (χ2v) is 6.06. The van der Waals surface area contributed by atoms with E-state index in [1.54, 1.807) is 7.11 Å². The average Bonchev–Trinajstić information content (AvgIpc) is 2.98. The number of carbonyl (C=O) groups is 1. The lowest BCUT2D eigenvalue weighted by Crippen LogP contribution is -2.28. The summed E-state index contributed by atoms with van der Waals surface area (Å²) in [5.74, 6) is 1.06. The Labute approximate surface area is 137 Å². The van der Waals surface area contributed by atoms with Crippen LogP contribution < -0.4 is 10.1 Å². The molecule has 0 aromatic heterocycles. The Bertz CT molecular complexity index is 655. The second kappa shape index (κ2) is 6.84. The Morgan fingerprint density at radius 3 is 2.43 bits per heavy atom. The first-order chi connectivity index (χ1) is 11.2. The lowest BCUT2D eigenvalue weighted by Gasteiger charge is -2.18. The number of anilines is 1. The largest absolute Gasteiger partial charge is 0.497 e. The lowest BCUT2D eigenvalue weighted by atomic mass is 9.88. The predicted molar refractivity (Wildman–Crippen MR) is 91.8 cm³/mol. The Hall–Kier alpha value is -2.33. The quantitative estimate of drug-likeness (QED) is 0.944. The van der Waals surface area contributed by atoms with E-state index in [0.29, 0.717) is 0 Å². The highest BCUT2D eigenvalue weighted by atomic mass is 16.5. The van der Waals surface area contributed by atoms with Gasteiger partial charge in [0.15, 0.2) is 0 Å². The number of ether oxygens (including phenoxy) is 1. The molecule has 1 aliphatic rings. The minimum absolute atomic E-state index is 0.0375. The number of nitrogens with zero attached hydrogens (tertiary/aromatic N) is 1. The van der Waals surface area contributed by atoms with Gasteiger partial charge in [-0.1, -0.05) is 30.3 Å². The second-order valence-electron chi connectivity index (χ2n) is 6.06. The molecule has 0 bridgehead atoms. The van der Waals surface area contributed by atoms with E-state index in [2.05, 4.69) is 29.4 Å². The van der Waals surface area contributed by atoms with Crippen LogP contribution in [0.15, 0.2) is 54.6 Å². The van der Waals surface area contributed by atoms with Crippen LogP contribution in [0.1, 0.15) is 11.5 Å². The Balaban J connectivity index is 1.74. The molecule has 1 fully saturated rings. The van der Waals surface area contributed by atoms with E-state index in [1.807, 2.05) is 42.5 Å². The van der Waals surface area contributed by atoms with Crippen molar-refractivity contribution in [3.8, 4) is 5.75 Å². The number of amides is 1. The molecule has 120 valence electrons. The van der Waals surface area contributed by atoms with Gasteiger partial charge in [-0.3, -0.25) is 4.79 Å². The predicted octanol–water partition coefficient (Wildman–Crippen LogP) is 2.98. The van der Waals surface area contributed by atoms with Gasteiger partial charge in [0, 0.05) is 24.7 Å². The minimum Gasteiger partial charge on any atom is -0.497 e. The number of hydrogen-bond acceptors (Lipinski definition) is 3. The monoisotopic (exact) mass is 310 g/mol. The maximum atomic E-state index is 12.7. The first-order valence-electron chi connectivity index (χ1n) is 7.86. The Morgan fingerprint density at radius 1 is 1.09 bits per heavy atom. The molecule has 1 aliphatic heterocycles. The van der Waals surface area contributed by atoms with E-state index >= 15 is 0 Å². The number of likely N-dealkylation sites (tertiary alicyclic amines) is 1. The standard InChI is InChI=1S/C19H22N2O2/c1-21-12-17(14-6-4-3-5-7-14)18(13-21)19(22)20-15-8-10-16(23-2)11-9-15/h3-11,17-18H,12-13H2,1-2H3,(H,20,22). The zero-order valence-electron chi connectivity index (χ0n) is 13.5. The van der Waals surface area contributed by atoms with Crippen molar-refractivity contribution in [3.63, 3.8) is 0 Å². The third-order valence-corrected chi connectivity index (χ3v) is 4.42. The maximum Gasteiger partial charge on any atom is 0.229 e.